The fourth-order valence-electron chi connectivity index (χ4n) is 7.32. The summed E-state index contributed by atoms with van der Waals surface area (Å²) in [7, 11) is 1.87. The topological polar surface area (TPSA) is 49.4 Å². The first kappa shape index (κ1) is 20.7. The average molecular weight is 412 g/mol. The van der Waals surface area contributed by atoms with Gasteiger partial charge in [0, 0.05) is 30.5 Å². The predicted octanol–water partition coefficient (Wildman–Crippen LogP) is 4.27. The standard InChI is InChI=1S/C22H31F3N2O2/c1-20-10-8-15-13(4-7-17-21(15,2)11-9-18(28)27(17)3)14(20)5-6-16(20)19(29)26-12-22(23,24)25/h7,13-16H,4-6,8-12H2,1-3H3,(H,26,29)/t13-,14-,15+,16?,20-,21+/m0/s1. The van der Waals surface area contributed by atoms with E-state index in [1.54, 1.807) is 0 Å². The molecule has 0 bridgehead atoms. The maximum atomic E-state index is 12.6. The third-order valence-corrected chi connectivity index (χ3v) is 8.80. The number of rotatable bonds is 2. The lowest BCUT2D eigenvalue weighted by Gasteiger charge is -2.58. The van der Waals surface area contributed by atoms with E-state index in [1.165, 1.54) is 0 Å². The highest BCUT2D eigenvalue weighted by molar-refractivity contribution is 5.80. The Morgan fingerprint density at radius 1 is 1.21 bits per heavy atom. The van der Waals surface area contributed by atoms with Gasteiger partial charge in [0.25, 0.3) is 0 Å². The zero-order valence-corrected chi connectivity index (χ0v) is 17.4. The first-order valence-electron chi connectivity index (χ1n) is 10.8. The number of carbonyl (C=O) groups is 2. The number of hydrogen-bond acceptors (Lipinski definition) is 2. The molecule has 4 aliphatic rings. The van der Waals surface area contributed by atoms with Crippen LogP contribution in [-0.4, -0.2) is 36.5 Å². The summed E-state index contributed by atoms with van der Waals surface area (Å²) < 4.78 is 37.7. The van der Waals surface area contributed by atoms with Gasteiger partial charge < -0.3 is 10.2 Å². The molecule has 0 radical (unpaired) electrons. The van der Waals surface area contributed by atoms with E-state index in [1.807, 2.05) is 11.9 Å². The first-order chi connectivity index (χ1) is 13.5. The zero-order valence-electron chi connectivity index (χ0n) is 17.4. The fourth-order valence-corrected chi connectivity index (χ4v) is 7.32. The quantitative estimate of drug-likeness (QED) is 0.736. The fraction of sp³-hybridized carbons (Fsp3) is 0.818. The number of allylic oxidation sites excluding steroid dienone is 2. The molecule has 1 N–H and O–H groups in total. The SMILES string of the molecule is CN1C(=O)CC[C@@]2(C)C1=CC[C@@H]1[C@H]2CC[C@]2(C)C(C(=O)NCC(F)(F)F)CC[C@@H]12. The zero-order chi connectivity index (χ0) is 21.2. The van der Waals surface area contributed by atoms with Crippen LogP contribution in [0.3, 0.4) is 0 Å². The lowest BCUT2D eigenvalue weighted by Crippen LogP contribution is -2.54. The monoisotopic (exact) mass is 412 g/mol. The molecule has 4 nitrogen and oxygen atoms in total. The molecule has 2 amide bonds. The summed E-state index contributed by atoms with van der Waals surface area (Å²) in [4.78, 5) is 26.6. The first-order valence-corrected chi connectivity index (χ1v) is 10.8. The van der Waals surface area contributed by atoms with Crippen molar-refractivity contribution in [3.05, 3.63) is 11.8 Å². The highest BCUT2D eigenvalue weighted by atomic mass is 19.4. The van der Waals surface area contributed by atoms with Crippen LogP contribution < -0.4 is 5.32 Å². The summed E-state index contributed by atoms with van der Waals surface area (Å²) in [5.74, 6) is 0.643. The van der Waals surface area contributed by atoms with Crippen LogP contribution >= 0.6 is 0 Å². The van der Waals surface area contributed by atoms with Crippen LogP contribution in [0.15, 0.2) is 11.8 Å². The minimum Gasteiger partial charge on any atom is -0.347 e. The third-order valence-electron chi connectivity index (χ3n) is 8.80. The summed E-state index contributed by atoms with van der Waals surface area (Å²) in [5.41, 5.74) is 0.884. The van der Waals surface area contributed by atoms with Crippen LogP contribution in [0.5, 0.6) is 0 Å². The summed E-state index contributed by atoms with van der Waals surface area (Å²) in [6.45, 7) is 3.15. The maximum absolute atomic E-state index is 12.6. The normalized spacial score (nSPS) is 41.9. The second-order valence-corrected chi connectivity index (χ2v) is 10.1. The molecule has 0 aromatic carbocycles. The van der Waals surface area contributed by atoms with E-state index in [9.17, 15) is 22.8 Å². The lowest BCUT2D eigenvalue weighted by atomic mass is 9.49. The molecule has 4 rings (SSSR count). The number of carbonyl (C=O) groups excluding carboxylic acids is 2. The number of nitrogens with zero attached hydrogens (tertiary/aromatic N) is 1. The van der Waals surface area contributed by atoms with E-state index in [0.717, 1.165) is 37.8 Å². The van der Waals surface area contributed by atoms with Gasteiger partial charge in [-0.1, -0.05) is 19.9 Å². The molecular weight excluding hydrogens is 381 g/mol. The number of amides is 2. The Kier molecular flexibility index (Phi) is 4.82. The molecule has 1 heterocycles. The molecule has 1 unspecified atom stereocenters. The molecule has 1 saturated heterocycles. The van der Waals surface area contributed by atoms with Crippen molar-refractivity contribution < 1.29 is 22.8 Å². The van der Waals surface area contributed by atoms with Crippen molar-refractivity contribution in [1.29, 1.82) is 0 Å². The Bertz CT molecular complexity index is 749. The van der Waals surface area contributed by atoms with Gasteiger partial charge >= 0.3 is 6.18 Å². The highest BCUT2D eigenvalue weighted by Crippen LogP contribution is 2.65. The van der Waals surface area contributed by atoms with Gasteiger partial charge in [-0.15, -0.1) is 0 Å². The van der Waals surface area contributed by atoms with Crippen molar-refractivity contribution in [3.8, 4) is 0 Å². The molecule has 7 heteroatoms. The van der Waals surface area contributed by atoms with Gasteiger partial charge in [0.15, 0.2) is 0 Å². The molecule has 0 aromatic rings. The van der Waals surface area contributed by atoms with Crippen molar-refractivity contribution in [1.82, 2.24) is 10.2 Å². The van der Waals surface area contributed by atoms with Crippen molar-refractivity contribution in [3.63, 3.8) is 0 Å². The van der Waals surface area contributed by atoms with E-state index in [2.05, 4.69) is 25.2 Å². The van der Waals surface area contributed by atoms with Gasteiger partial charge in [-0.3, -0.25) is 9.59 Å². The Morgan fingerprint density at radius 3 is 2.62 bits per heavy atom. The van der Waals surface area contributed by atoms with Crippen LogP contribution in [0.2, 0.25) is 0 Å². The van der Waals surface area contributed by atoms with Crippen molar-refractivity contribution in [2.24, 2.45) is 34.5 Å². The smallest absolute Gasteiger partial charge is 0.347 e. The molecule has 1 aliphatic heterocycles. The number of halogens is 3. The Hall–Kier alpha value is -1.53. The van der Waals surface area contributed by atoms with E-state index in [-0.39, 0.29) is 22.7 Å². The van der Waals surface area contributed by atoms with E-state index in [0.29, 0.717) is 30.6 Å². The Labute approximate surface area is 170 Å². The van der Waals surface area contributed by atoms with Crippen LogP contribution in [0.4, 0.5) is 13.2 Å². The minimum absolute atomic E-state index is 0.0243. The number of hydrogen-bond donors (Lipinski definition) is 1. The van der Waals surface area contributed by atoms with Crippen LogP contribution in [0.1, 0.15) is 58.8 Å². The van der Waals surface area contributed by atoms with Gasteiger partial charge in [0.1, 0.15) is 6.54 Å². The molecular formula is C22H31F3N2O2. The maximum Gasteiger partial charge on any atom is 0.405 e. The Morgan fingerprint density at radius 2 is 1.93 bits per heavy atom. The molecule has 162 valence electrons. The van der Waals surface area contributed by atoms with Crippen LogP contribution in [0.25, 0.3) is 0 Å². The third kappa shape index (κ3) is 3.19. The summed E-state index contributed by atoms with van der Waals surface area (Å²) in [6.07, 6.45) is 3.57. The predicted molar refractivity (Wildman–Crippen MR) is 102 cm³/mol. The van der Waals surface area contributed by atoms with Crippen molar-refractivity contribution >= 4 is 11.8 Å². The average Bonchev–Trinajstić information content (AvgIpc) is 3.00. The van der Waals surface area contributed by atoms with Crippen molar-refractivity contribution in [2.45, 2.75) is 65.0 Å². The molecule has 6 atom stereocenters. The molecule has 3 aliphatic carbocycles. The second-order valence-electron chi connectivity index (χ2n) is 10.1. The van der Waals surface area contributed by atoms with Crippen molar-refractivity contribution in [2.75, 3.05) is 13.6 Å². The van der Waals surface area contributed by atoms with Gasteiger partial charge in [0.05, 0.1) is 0 Å². The number of nitrogens with one attached hydrogen (secondary N) is 1. The van der Waals surface area contributed by atoms with E-state index in [4.69, 9.17) is 0 Å². The Balaban J connectivity index is 1.56. The van der Waals surface area contributed by atoms with Gasteiger partial charge in [0.2, 0.25) is 11.8 Å². The summed E-state index contributed by atoms with van der Waals surface area (Å²) in [5, 5.41) is 2.14. The van der Waals surface area contributed by atoms with Crippen LogP contribution in [0, 0.1) is 34.5 Å². The van der Waals surface area contributed by atoms with Gasteiger partial charge in [-0.05, 0) is 61.7 Å². The summed E-state index contributed by atoms with van der Waals surface area (Å²) in [6, 6.07) is 0. The minimum atomic E-state index is -4.38. The molecule has 3 fully saturated rings. The number of piperidine rings is 1. The summed E-state index contributed by atoms with van der Waals surface area (Å²) >= 11 is 0. The molecule has 0 spiro atoms. The van der Waals surface area contributed by atoms with Crippen LogP contribution in [-0.2, 0) is 9.59 Å². The largest absolute Gasteiger partial charge is 0.405 e. The molecule has 29 heavy (non-hydrogen) atoms. The van der Waals surface area contributed by atoms with E-state index < -0.39 is 18.6 Å². The molecule has 2 saturated carbocycles. The second kappa shape index (κ2) is 6.74. The molecule has 0 aromatic heterocycles. The number of likely N-dealkylation sites (tertiary alicyclic amines) is 1. The van der Waals surface area contributed by atoms with E-state index >= 15 is 0 Å². The van der Waals surface area contributed by atoms with Gasteiger partial charge in [-0.25, -0.2) is 0 Å². The van der Waals surface area contributed by atoms with Gasteiger partial charge in [-0.2, -0.15) is 13.2 Å². The lowest BCUT2D eigenvalue weighted by molar-refractivity contribution is -0.145. The number of fused-ring (bicyclic) bond motifs is 5. The number of alkyl halides is 3. The highest BCUT2D eigenvalue weighted by Gasteiger charge is 2.60.